The molecule has 0 aliphatic carbocycles. The molecule has 7 heteroatoms. The molecule has 180 valence electrons. The van der Waals surface area contributed by atoms with Crippen LogP contribution >= 0.6 is 0 Å². The number of aryl methyl sites for hydroxylation is 2. The Morgan fingerprint density at radius 2 is 1.94 bits per heavy atom. The molecule has 0 radical (unpaired) electrons. The Hall–Kier alpha value is -3.71. The summed E-state index contributed by atoms with van der Waals surface area (Å²) in [5.41, 5.74) is 4.42. The van der Waals surface area contributed by atoms with E-state index < -0.39 is 6.10 Å². The highest BCUT2D eigenvalue weighted by Gasteiger charge is 2.35. The molecule has 0 unspecified atom stereocenters. The maximum Gasteiger partial charge on any atom is 0.227 e. The van der Waals surface area contributed by atoms with Crippen molar-refractivity contribution >= 4 is 22.6 Å². The van der Waals surface area contributed by atoms with Crippen molar-refractivity contribution < 1.29 is 19.0 Å². The summed E-state index contributed by atoms with van der Waals surface area (Å²) in [4.78, 5) is 19.3. The lowest BCUT2D eigenvalue weighted by Gasteiger charge is -2.19. The number of benzene rings is 3. The maximum atomic E-state index is 13.8. The van der Waals surface area contributed by atoms with E-state index in [9.17, 15) is 14.3 Å². The van der Waals surface area contributed by atoms with Crippen molar-refractivity contribution in [2.75, 3.05) is 18.1 Å². The molecule has 3 aromatic carbocycles. The number of nitrogens with zero attached hydrogens (tertiary/aromatic N) is 3. The summed E-state index contributed by atoms with van der Waals surface area (Å²) in [7, 11) is 0. The average molecular weight is 474 g/mol. The number of amides is 1. The van der Waals surface area contributed by atoms with E-state index in [1.165, 1.54) is 12.1 Å². The van der Waals surface area contributed by atoms with Gasteiger partial charge in [0, 0.05) is 24.6 Å². The van der Waals surface area contributed by atoms with Gasteiger partial charge in [-0.15, -0.1) is 0 Å². The zero-order chi connectivity index (χ0) is 24.5. The van der Waals surface area contributed by atoms with Gasteiger partial charge < -0.3 is 19.3 Å². The molecule has 1 aromatic heterocycles. The van der Waals surface area contributed by atoms with Gasteiger partial charge >= 0.3 is 0 Å². The Morgan fingerprint density at radius 1 is 1.11 bits per heavy atom. The molecule has 4 aromatic rings. The van der Waals surface area contributed by atoms with Gasteiger partial charge in [-0.2, -0.15) is 0 Å². The Labute approximate surface area is 203 Å². The lowest BCUT2D eigenvalue weighted by atomic mass is 10.1. The molecule has 1 amide bonds. The monoisotopic (exact) mass is 473 g/mol. The molecule has 1 fully saturated rings. The second-order valence-corrected chi connectivity index (χ2v) is 9.19. The largest absolute Gasteiger partial charge is 0.491 e. The number of imidazole rings is 1. The first-order valence-electron chi connectivity index (χ1n) is 11.8. The van der Waals surface area contributed by atoms with Crippen molar-refractivity contribution in [1.29, 1.82) is 0 Å². The number of fused-ring (bicyclic) bond motifs is 1. The third-order valence-electron chi connectivity index (χ3n) is 6.45. The molecular weight excluding hydrogens is 445 g/mol. The van der Waals surface area contributed by atoms with Gasteiger partial charge in [-0.25, -0.2) is 9.37 Å². The van der Waals surface area contributed by atoms with Crippen LogP contribution < -0.4 is 9.64 Å². The second kappa shape index (κ2) is 9.50. The number of hydrogen-bond donors (Lipinski definition) is 1. The van der Waals surface area contributed by atoms with Gasteiger partial charge in [-0.3, -0.25) is 4.79 Å². The molecule has 0 spiro atoms. The molecule has 35 heavy (non-hydrogen) atoms. The topological polar surface area (TPSA) is 67.6 Å². The quantitative estimate of drug-likeness (QED) is 0.421. The number of aromatic nitrogens is 2. The average Bonchev–Trinajstić information content (AvgIpc) is 3.39. The number of para-hydroxylation sites is 2. The van der Waals surface area contributed by atoms with Gasteiger partial charge in [0.15, 0.2) is 0 Å². The third kappa shape index (κ3) is 4.77. The first kappa shape index (κ1) is 23.1. The van der Waals surface area contributed by atoms with E-state index in [1.54, 1.807) is 17.0 Å². The van der Waals surface area contributed by atoms with Crippen LogP contribution in [0.15, 0.2) is 66.7 Å². The summed E-state index contributed by atoms with van der Waals surface area (Å²) < 4.78 is 21.6. The fraction of sp³-hybridized carbons (Fsp3) is 0.286. The smallest absolute Gasteiger partial charge is 0.227 e. The molecule has 2 atom stereocenters. The number of halogens is 1. The minimum absolute atomic E-state index is 0.0714. The summed E-state index contributed by atoms with van der Waals surface area (Å²) in [6.45, 7) is 4.83. The number of carbonyl (C=O) groups excluding carboxylic acids is 1. The lowest BCUT2D eigenvalue weighted by Crippen LogP contribution is -2.26. The lowest BCUT2D eigenvalue weighted by molar-refractivity contribution is -0.117. The van der Waals surface area contributed by atoms with Gasteiger partial charge in [0.2, 0.25) is 5.91 Å². The van der Waals surface area contributed by atoms with E-state index in [2.05, 4.69) is 0 Å². The van der Waals surface area contributed by atoms with Crippen molar-refractivity contribution in [3.63, 3.8) is 0 Å². The van der Waals surface area contributed by atoms with E-state index in [1.807, 2.05) is 60.9 Å². The fourth-order valence-corrected chi connectivity index (χ4v) is 4.78. The van der Waals surface area contributed by atoms with Gasteiger partial charge in [-0.1, -0.05) is 35.9 Å². The SMILES string of the molecule is Cc1ccc(OC[C@H](O)Cn2c([C@H]3CC(=O)N(c4cccc(F)c4)C3)nc3ccccc32)c(C)c1. The minimum Gasteiger partial charge on any atom is -0.491 e. The van der Waals surface area contributed by atoms with E-state index >= 15 is 0 Å². The first-order valence-corrected chi connectivity index (χ1v) is 11.8. The summed E-state index contributed by atoms with van der Waals surface area (Å²) in [6, 6.07) is 19.8. The number of carbonyl (C=O) groups is 1. The maximum absolute atomic E-state index is 13.8. The van der Waals surface area contributed by atoms with Crippen molar-refractivity contribution in [2.45, 2.75) is 38.8 Å². The molecule has 6 nitrogen and oxygen atoms in total. The van der Waals surface area contributed by atoms with Crippen LogP contribution in [0, 0.1) is 19.7 Å². The van der Waals surface area contributed by atoms with Gasteiger partial charge in [0.05, 0.1) is 17.6 Å². The van der Waals surface area contributed by atoms with Crippen LogP contribution in [-0.4, -0.2) is 39.8 Å². The van der Waals surface area contributed by atoms with Crippen LogP contribution in [0.25, 0.3) is 11.0 Å². The van der Waals surface area contributed by atoms with Crippen LogP contribution in [0.2, 0.25) is 0 Å². The van der Waals surface area contributed by atoms with E-state index in [0.717, 1.165) is 33.7 Å². The number of ether oxygens (including phenoxy) is 1. The van der Waals surface area contributed by atoms with Gasteiger partial charge in [-0.05, 0) is 55.8 Å². The second-order valence-electron chi connectivity index (χ2n) is 9.19. The number of aliphatic hydroxyl groups is 1. The van der Waals surface area contributed by atoms with Crippen molar-refractivity contribution in [3.05, 3.63) is 89.5 Å². The van der Waals surface area contributed by atoms with Crippen LogP contribution in [0.4, 0.5) is 10.1 Å². The number of anilines is 1. The molecule has 2 heterocycles. The highest BCUT2D eigenvalue weighted by atomic mass is 19.1. The van der Waals surface area contributed by atoms with E-state index in [4.69, 9.17) is 9.72 Å². The predicted molar refractivity (Wildman–Crippen MR) is 133 cm³/mol. The number of aliphatic hydroxyl groups excluding tert-OH is 1. The zero-order valence-electron chi connectivity index (χ0n) is 19.8. The van der Waals surface area contributed by atoms with Crippen LogP contribution in [0.3, 0.4) is 0 Å². The Bertz CT molecular complexity index is 1380. The zero-order valence-corrected chi connectivity index (χ0v) is 19.8. The number of rotatable bonds is 7. The van der Waals surface area contributed by atoms with Crippen molar-refractivity contribution in [1.82, 2.24) is 9.55 Å². The molecule has 5 rings (SSSR count). The number of hydrogen-bond acceptors (Lipinski definition) is 4. The summed E-state index contributed by atoms with van der Waals surface area (Å²) in [6.07, 6.45) is -0.502. The highest BCUT2D eigenvalue weighted by Crippen LogP contribution is 2.33. The predicted octanol–water partition coefficient (Wildman–Crippen LogP) is 4.75. The van der Waals surface area contributed by atoms with Gasteiger partial charge in [0.25, 0.3) is 0 Å². The van der Waals surface area contributed by atoms with E-state index in [0.29, 0.717) is 12.2 Å². The molecule has 0 saturated carbocycles. The van der Waals surface area contributed by atoms with Crippen LogP contribution in [-0.2, 0) is 11.3 Å². The fourth-order valence-electron chi connectivity index (χ4n) is 4.78. The summed E-state index contributed by atoms with van der Waals surface area (Å²) in [5.74, 6) is 0.864. The summed E-state index contributed by atoms with van der Waals surface area (Å²) >= 11 is 0. The van der Waals surface area contributed by atoms with Crippen LogP contribution in [0.5, 0.6) is 5.75 Å². The van der Waals surface area contributed by atoms with Gasteiger partial charge in [0.1, 0.15) is 30.1 Å². The third-order valence-corrected chi connectivity index (χ3v) is 6.45. The van der Waals surface area contributed by atoms with Crippen LogP contribution in [0.1, 0.15) is 29.3 Å². The standard InChI is InChI=1S/C28H28FN3O3/c1-18-10-11-26(19(2)12-18)35-17-23(33)16-32-25-9-4-3-8-24(25)30-28(32)20-13-27(34)31(15-20)22-7-5-6-21(29)14-22/h3-12,14,20,23,33H,13,15-17H2,1-2H3/t20-,23+/m0/s1. The Kier molecular flexibility index (Phi) is 6.26. The molecule has 1 saturated heterocycles. The van der Waals surface area contributed by atoms with E-state index in [-0.39, 0.29) is 37.2 Å². The summed E-state index contributed by atoms with van der Waals surface area (Å²) in [5, 5.41) is 10.9. The minimum atomic E-state index is -0.775. The molecule has 1 aliphatic rings. The molecule has 1 aliphatic heterocycles. The van der Waals surface area contributed by atoms with Crippen molar-refractivity contribution in [2.24, 2.45) is 0 Å². The molecule has 0 bridgehead atoms. The highest BCUT2D eigenvalue weighted by molar-refractivity contribution is 5.96. The Balaban J connectivity index is 1.38. The molecule has 1 N–H and O–H groups in total. The van der Waals surface area contributed by atoms with Crippen molar-refractivity contribution in [3.8, 4) is 5.75 Å². The normalized spacial score (nSPS) is 16.7. The first-order chi connectivity index (χ1) is 16.9. The molecular formula is C28H28FN3O3. The Morgan fingerprint density at radius 3 is 2.74 bits per heavy atom.